The van der Waals surface area contributed by atoms with Crippen molar-refractivity contribution < 1.29 is 4.39 Å². The van der Waals surface area contributed by atoms with E-state index in [4.69, 9.17) is 5.73 Å². The predicted molar refractivity (Wildman–Crippen MR) is 90.9 cm³/mol. The largest absolute Gasteiger partial charge is 0.378 e. The highest BCUT2D eigenvalue weighted by atomic mass is 79.9. The van der Waals surface area contributed by atoms with Crippen LogP contribution in [-0.2, 0) is 0 Å². The molecule has 0 saturated heterocycles. The SMILES string of the molecule is CC(C)CC1CCCC(CN)(Nc2ccc(F)c(Br)c2)C1. The molecular weight excluding hydrogens is 331 g/mol. The Balaban J connectivity index is 2.11. The Bertz CT molecular complexity index is 478. The van der Waals surface area contributed by atoms with Crippen LogP contribution >= 0.6 is 15.9 Å². The molecule has 0 radical (unpaired) electrons. The smallest absolute Gasteiger partial charge is 0.137 e. The normalized spacial score (nSPS) is 26.1. The van der Waals surface area contributed by atoms with Gasteiger partial charge in [-0.25, -0.2) is 4.39 Å². The van der Waals surface area contributed by atoms with E-state index >= 15 is 0 Å². The van der Waals surface area contributed by atoms with Gasteiger partial charge in [0.1, 0.15) is 5.82 Å². The highest BCUT2D eigenvalue weighted by molar-refractivity contribution is 9.10. The van der Waals surface area contributed by atoms with Crippen molar-refractivity contribution in [1.29, 1.82) is 0 Å². The summed E-state index contributed by atoms with van der Waals surface area (Å²) < 4.78 is 13.9. The second-order valence-electron chi connectivity index (χ2n) is 6.83. The average Bonchev–Trinajstić information content (AvgIpc) is 2.42. The Morgan fingerprint density at radius 1 is 1.48 bits per heavy atom. The Hall–Kier alpha value is -0.610. The average molecular weight is 357 g/mol. The zero-order chi connectivity index (χ0) is 15.5. The highest BCUT2D eigenvalue weighted by Crippen LogP contribution is 2.38. The molecule has 0 spiro atoms. The van der Waals surface area contributed by atoms with Crippen molar-refractivity contribution in [2.75, 3.05) is 11.9 Å². The van der Waals surface area contributed by atoms with Gasteiger partial charge < -0.3 is 11.1 Å². The van der Waals surface area contributed by atoms with E-state index < -0.39 is 0 Å². The first-order valence-corrected chi connectivity index (χ1v) is 8.67. The number of nitrogens with one attached hydrogen (secondary N) is 1. The maximum Gasteiger partial charge on any atom is 0.137 e. The molecule has 2 nitrogen and oxygen atoms in total. The summed E-state index contributed by atoms with van der Waals surface area (Å²) in [4.78, 5) is 0. The fraction of sp³-hybridized carbons (Fsp3) is 0.647. The number of nitrogens with two attached hydrogens (primary N) is 1. The molecule has 1 fully saturated rings. The fourth-order valence-corrected chi connectivity index (χ4v) is 3.96. The molecule has 1 saturated carbocycles. The summed E-state index contributed by atoms with van der Waals surface area (Å²) >= 11 is 3.25. The van der Waals surface area contributed by atoms with E-state index in [1.54, 1.807) is 12.1 Å². The van der Waals surface area contributed by atoms with Gasteiger partial charge in [0, 0.05) is 17.8 Å². The first kappa shape index (κ1) is 16.8. The van der Waals surface area contributed by atoms with E-state index in [2.05, 4.69) is 35.1 Å². The van der Waals surface area contributed by atoms with Crippen molar-refractivity contribution in [3.05, 3.63) is 28.5 Å². The van der Waals surface area contributed by atoms with Gasteiger partial charge in [0.25, 0.3) is 0 Å². The van der Waals surface area contributed by atoms with E-state index in [0.717, 1.165) is 30.4 Å². The Morgan fingerprint density at radius 2 is 2.24 bits per heavy atom. The molecule has 2 unspecified atom stereocenters. The van der Waals surface area contributed by atoms with Crippen molar-refractivity contribution >= 4 is 21.6 Å². The molecule has 4 heteroatoms. The van der Waals surface area contributed by atoms with Crippen molar-refractivity contribution in [2.24, 2.45) is 17.6 Å². The molecule has 118 valence electrons. The highest BCUT2D eigenvalue weighted by Gasteiger charge is 2.35. The Labute approximate surface area is 135 Å². The number of hydrogen-bond donors (Lipinski definition) is 2. The fourth-order valence-electron chi connectivity index (χ4n) is 3.58. The topological polar surface area (TPSA) is 38.0 Å². The van der Waals surface area contributed by atoms with Crippen LogP contribution < -0.4 is 11.1 Å². The Kier molecular flexibility index (Phi) is 5.67. The number of hydrogen-bond acceptors (Lipinski definition) is 2. The van der Waals surface area contributed by atoms with Crippen molar-refractivity contribution in [1.82, 2.24) is 0 Å². The predicted octanol–water partition coefficient (Wildman–Crippen LogP) is 4.93. The first-order chi connectivity index (χ1) is 9.94. The quantitative estimate of drug-likeness (QED) is 0.784. The summed E-state index contributed by atoms with van der Waals surface area (Å²) in [5, 5.41) is 3.59. The number of anilines is 1. The summed E-state index contributed by atoms with van der Waals surface area (Å²) in [7, 11) is 0. The summed E-state index contributed by atoms with van der Waals surface area (Å²) in [6, 6.07) is 5.09. The third-order valence-corrected chi connectivity index (χ3v) is 5.08. The lowest BCUT2D eigenvalue weighted by atomic mass is 9.73. The molecule has 2 atom stereocenters. The molecule has 0 amide bonds. The third-order valence-electron chi connectivity index (χ3n) is 4.47. The molecule has 0 aromatic heterocycles. The third kappa shape index (κ3) is 4.43. The van der Waals surface area contributed by atoms with E-state index in [1.165, 1.54) is 25.3 Å². The van der Waals surface area contributed by atoms with Crippen molar-refractivity contribution in [3.8, 4) is 0 Å². The maximum atomic E-state index is 13.4. The van der Waals surface area contributed by atoms with Crippen LogP contribution in [0.3, 0.4) is 0 Å². The molecule has 0 bridgehead atoms. The van der Waals surface area contributed by atoms with Crippen LogP contribution in [0.2, 0.25) is 0 Å². The number of halogens is 2. The molecule has 3 N–H and O–H groups in total. The van der Waals surface area contributed by atoms with Gasteiger partial charge >= 0.3 is 0 Å². The minimum atomic E-state index is -0.233. The molecule has 1 aromatic carbocycles. The lowest BCUT2D eigenvalue weighted by Crippen LogP contribution is -2.49. The molecular formula is C17H26BrFN2. The second kappa shape index (κ2) is 7.10. The molecule has 2 rings (SSSR count). The molecule has 1 aliphatic rings. The molecule has 0 heterocycles. The van der Waals surface area contributed by atoms with E-state index in [-0.39, 0.29) is 11.4 Å². The summed E-state index contributed by atoms with van der Waals surface area (Å²) in [5.41, 5.74) is 7.00. The van der Waals surface area contributed by atoms with Crippen LogP contribution in [0.4, 0.5) is 10.1 Å². The van der Waals surface area contributed by atoms with Gasteiger partial charge in [-0.1, -0.05) is 26.7 Å². The van der Waals surface area contributed by atoms with E-state index in [1.807, 2.05) is 0 Å². The molecule has 1 aliphatic carbocycles. The monoisotopic (exact) mass is 356 g/mol. The van der Waals surface area contributed by atoms with Crippen LogP contribution in [0.5, 0.6) is 0 Å². The zero-order valence-corrected chi connectivity index (χ0v) is 14.5. The zero-order valence-electron chi connectivity index (χ0n) is 13.0. The van der Waals surface area contributed by atoms with Gasteiger partial charge in [0.2, 0.25) is 0 Å². The van der Waals surface area contributed by atoms with Crippen molar-refractivity contribution in [3.63, 3.8) is 0 Å². The Morgan fingerprint density at radius 3 is 2.86 bits per heavy atom. The standard InChI is InChI=1S/C17H26BrFN2/c1-12(2)8-13-4-3-7-17(10-13,11-20)21-14-5-6-16(19)15(18)9-14/h5-6,9,12-13,21H,3-4,7-8,10-11,20H2,1-2H3. The van der Waals surface area contributed by atoms with E-state index in [9.17, 15) is 4.39 Å². The summed E-state index contributed by atoms with van der Waals surface area (Å²) in [5.74, 6) is 1.23. The number of benzene rings is 1. The lowest BCUT2D eigenvalue weighted by molar-refractivity contribution is 0.222. The van der Waals surface area contributed by atoms with E-state index in [0.29, 0.717) is 11.0 Å². The van der Waals surface area contributed by atoms with Gasteiger partial charge in [-0.15, -0.1) is 0 Å². The van der Waals surface area contributed by atoms with Crippen LogP contribution in [0, 0.1) is 17.7 Å². The van der Waals surface area contributed by atoms with Gasteiger partial charge in [0.15, 0.2) is 0 Å². The second-order valence-corrected chi connectivity index (χ2v) is 7.68. The van der Waals surface area contributed by atoms with Gasteiger partial charge in [-0.3, -0.25) is 0 Å². The van der Waals surface area contributed by atoms with Crippen LogP contribution in [0.1, 0.15) is 46.0 Å². The van der Waals surface area contributed by atoms with Gasteiger partial charge in [-0.05, 0) is 65.2 Å². The van der Waals surface area contributed by atoms with Crippen LogP contribution in [0.15, 0.2) is 22.7 Å². The summed E-state index contributed by atoms with van der Waals surface area (Å²) in [6.45, 7) is 5.18. The number of rotatable bonds is 5. The minimum absolute atomic E-state index is 0.0466. The maximum absolute atomic E-state index is 13.4. The summed E-state index contributed by atoms with van der Waals surface area (Å²) in [6.07, 6.45) is 5.97. The van der Waals surface area contributed by atoms with Crippen LogP contribution in [-0.4, -0.2) is 12.1 Å². The lowest BCUT2D eigenvalue weighted by Gasteiger charge is -2.42. The molecule has 1 aromatic rings. The minimum Gasteiger partial charge on any atom is -0.378 e. The van der Waals surface area contributed by atoms with Gasteiger partial charge in [0.05, 0.1) is 4.47 Å². The van der Waals surface area contributed by atoms with Crippen molar-refractivity contribution in [2.45, 2.75) is 51.5 Å². The van der Waals surface area contributed by atoms with Crippen LogP contribution in [0.25, 0.3) is 0 Å². The van der Waals surface area contributed by atoms with Gasteiger partial charge in [-0.2, -0.15) is 0 Å². The molecule has 21 heavy (non-hydrogen) atoms. The first-order valence-electron chi connectivity index (χ1n) is 7.87. The molecule has 0 aliphatic heterocycles.